The van der Waals surface area contributed by atoms with Crippen LogP contribution in [0.2, 0.25) is 0 Å². The van der Waals surface area contributed by atoms with Crippen molar-refractivity contribution in [3.8, 4) is 16.9 Å². The van der Waals surface area contributed by atoms with E-state index in [2.05, 4.69) is 30.7 Å². The summed E-state index contributed by atoms with van der Waals surface area (Å²) in [7, 11) is 0. The molecule has 0 saturated carbocycles. The zero-order valence-electron chi connectivity index (χ0n) is 21.6. The summed E-state index contributed by atoms with van der Waals surface area (Å²) in [6, 6.07) is 12.7. The van der Waals surface area contributed by atoms with Gasteiger partial charge in [-0.15, -0.1) is 0 Å². The molecule has 0 saturated heterocycles. The smallest absolute Gasteiger partial charge is 0.350 e. The van der Waals surface area contributed by atoms with Gasteiger partial charge in [0.25, 0.3) is 11.5 Å². The number of hydrogen-bond acceptors (Lipinski definition) is 7. The number of amides is 2. The molecule has 212 valence electrons. The Bertz CT molecular complexity index is 1770. The summed E-state index contributed by atoms with van der Waals surface area (Å²) in [5, 5.41) is 9.29. The number of pyridine rings is 4. The Labute approximate surface area is 235 Å². The number of carbonyl (C=O) groups excluding carboxylic acids is 2. The van der Waals surface area contributed by atoms with Crippen LogP contribution in [0.3, 0.4) is 0 Å². The van der Waals surface area contributed by atoms with E-state index in [0.717, 1.165) is 33.1 Å². The molecular formula is C28H21F3N8O3. The van der Waals surface area contributed by atoms with Crippen LogP contribution in [0.25, 0.3) is 16.9 Å². The van der Waals surface area contributed by atoms with Crippen LogP contribution in [0.5, 0.6) is 0 Å². The lowest BCUT2D eigenvalue weighted by Crippen LogP contribution is -2.32. The SMILES string of the molecule is O=C(Cn1cc(C(=O)Nc2ccc(-n3nc(-c4cccnc4)cc3C(F)(F)F)cn2)ccc1=O)NCc1cccnc1. The van der Waals surface area contributed by atoms with Crippen molar-refractivity contribution in [2.45, 2.75) is 19.3 Å². The van der Waals surface area contributed by atoms with E-state index in [4.69, 9.17) is 0 Å². The van der Waals surface area contributed by atoms with Gasteiger partial charge in [-0.05, 0) is 48.0 Å². The molecule has 0 bridgehead atoms. The molecule has 2 amide bonds. The molecule has 5 rings (SSSR count). The average Bonchev–Trinajstić information content (AvgIpc) is 3.45. The molecule has 0 unspecified atom stereocenters. The van der Waals surface area contributed by atoms with E-state index in [1.54, 1.807) is 36.7 Å². The van der Waals surface area contributed by atoms with Crippen molar-refractivity contribution >= 4 is 17.6 Å². The molecule has 5 aromatic heterocycles. The molecule has 0 atom stereocenters. The molecule has 0 aromatic carbocycles. The van der Waals surface area contributed by atoms with Crippen molar-refractivity contribution in [1.29, 1.82) is 0 Å². The molecule has 11 nitrogen and oxygen atoms in total. The van der Waals surface area contributed by atoms with E-state index >= 15 is 0 Å². The molecule has 42 heavy (non-hydrogen) atoms. The molecule has 0 aliphatic rings. The molecule has 2 N–H and O–H groups in total. The first-order valence-electron chi connectivity index (χ1n) is 12.4. The topological polar surface area (TPSA) is 137 Å². The highest BCUT2D eigenvalue weighted by atomic mass is 19.4. The summed E-state index contributed by atoms with van der Waals surface area (Å²) in [4.78, 5) is 49.4. The number of hydrogen-bond donors (Lipinski definition) is 2. The van der Waals surface area contributed by atoms with Crippen LogP contribution in [0.15, 0.2) is 96.6 Å². The first-order chi connectivity index (χ1) is 20.2. The van der Waals surface area contributed by atoms with Crippen LogP contribution in [0.1, 0.15) is 21.6 Å². The molecule has 0 fully saturated rings. The Morgan fingerprint density at radius 1 is 0.929 bits per heavy atom. The van der Waals surface area contributed by atoms with Gasteiger partial charge in [0, 0.05) is 49.2 Å². The minimum absolute atomic E-state index is 0.0151. The number of carbonyl (C=O) groups is 2. The zero-order chi connectivity index (χ0) is 29.7. The Balaban J connectivity index is 1.28. The van der Waals surface area contributed by atoms with Gasteiger partial charge in [0.2, 0.25) is 5.91 Å². The van der Waals surface area contributed by atoms with E-state index in [-0.39, 0.29) is 35.9 Å². The maximum absolute atomic E-state index is 13.8. The predicted octanol–water partition coefficient (Wildman–Crippen LogP) is 3.47. The van der Waals surface area contributed by atoms with Gasteiger partial charge in [0.1, 0.15) is 18.1 Å². The van der Waals surface area contributed by atoms with Gasteiger partial charge in [-0.1, -0.05) is 6.07 Å². The Morgan fingerprint density at radius 2 is 1.71 bits per heavy atom. The number of nitrogens with zero attached hydrogens (tertiary/aromatic N) is 6. The van der Waals surface area contributed by atoms with Crippen molar-refractivity contribution in [1.82, 2.24) is 34.6 Å². The van der Waals surface area contributed by atoms with E-state index in [1.807, 2.05) is 0 Å². The first-order valence-corrected chi connectivity index (χ1v) is 12.4. The van der Waals surface area contributed by atoms with Crippen LogP contribution >= 0.6 is 0 Å². The van der Waals surface area contributed by atoms with Gasteiger partial charge in [-0.25, -0.2) is 9.67 Å². The Morgan fingerprint density at radius 3 is 2.38 bits per heavy atom. The normalized spacial score (nSPS) is 11.2. The van der Waals surface area contributed by atoms with Crippen molar-refractivity contribution in [3.05, 3.63) is 119 Å². The molecule has 0 aliphatic carbocycles. The molecule has 0 aliphatic heterocycles. The molecule has 0 spiro atoms. The van der Waals surface area contributed by atoms with Crippen LogP contribution in [0, 0.1) is 0 Å². The third-order valence-electron chi connectivity index (χ3n) is 5.96. The van der Waals surface area contributed by atoms with Crippen LogP contribution in [-0.4, -0.2) is 41.1 Å². The number of aromatic nitrogens is 6. The van der Waals surface area contributed by atoms with E-state index < -0.39 is 29.2 Å². The van der Waals surface area contributed by atoms with E-state index in [0.29, 0.717) is 5.56 Å². The molecule has 14 heteroatoms. The van der Waals surface area contributed by atoms with Crippen LogP contribution in [-0.2, 0) is 24.1 Å². The highest BCUT2D eigenvalue weighted by Crippen LogP contribution is 2.34. The first kappa shape index (κ1) is 27.9. The Hall–Kier alpha value is -5.66. The van der Waals surface area contributed by atoms with Gasteiger partial charge < -0.3 is 15.2 Å². The Kier molecular flexibility index (Phi) is 7.86. The number of nitrogens with one attached hydrogen (secondary N) is 2. The highest BCUT2D eigenvalue weighted by molar-refractivity contribution is 6.03. The number of alkyl halides is 3. The number of rotatable bonds is 8. The second-order valence-electron chi connectivity index (χ2n) is 8.94. The second kappa shape index (κ2) is 11.8. The van der Waals surface area contributed by atoms with Crippen molar-refractivity contribution < 1.29 is 22.8 Å². The predicted molar refractivity (Wildman–Crippen MR) is 144 cm³/mol. The highest BCUT2D eigenvalue weighted by Gasteiger charge is 2.36. The van der Waals surface area contributed by atoms with Gasteiger partial charge >= 0.3 is 6.18 Å². The second-order valence-corrected chi connectivity index (χ2v) is 8.94. The van der Waals surface area contributed by atoms with Gasteiger partial charge in [0.15, 0.2) is 0 Å². The lowest BCUT2D eigenvalue weighted by Gasteiger charge is -2.11. The minimum Gasteiger partial charge on any atom is -0.350 e. The van der Waals surface area contributed by atoms with E-state index in [1.165, 1.54) is 36.8 Å². The van der Waals surface area contributed by atoms with E-state index in [9.17, 15) is 27.6 Å². The lowest BCUT2D eigenvalue weighted by atomic mass is 10.2. The van der Waals surface area contributed by atoms with Crippen molar-refractivity contribution in [3.63, 3.8) is 0 Å². The summed E-state index contributed by atoms with van der Waals surface area (Å²) in [6.45, 7) is -0.101. The monoisotopic (exact) mass is 574 g/mol. The van der Waals surface area contributed by atoms with Gasteiger partial charge in [-0.2, -0.15) is 18.3 Å². The summed E-state index contributed by atoms with van der Waals surface area (Å²) >= 11 is 0. The van der Waals surface area contributed by atoms with Crippen LogP contribution < -0.4 is 16.2 Å². The summed E-state index contributed by atoms with van der Waals surface area (Å²) < 4.78 is 43.1. The standard InChI is InChI=1S/C28H21F3N8O3/c29-28(30,31)23-11-22(19-4-2-10-33-14-19)37-39(23)21-6-7-24(34-15-21)36-27(42)20-5-8-26(41)38(16-20)17-25(40)35-13-18-3-1-9-32-12-18/h1-12,14-16H,13,17H2,(H,35,40)(H,34,36,42). The van der Waals surface area contributed by atoms with Crippen molar-refractivity contribution in [2.75, 3.05) is 5.32 Å². The average molecular weight is 575 g/mol. The summed E-state index contributed by atoms with van der Waals surface area (Å²) in [5.74, 6) is -1.04. The quantitative estimate of drug-likeness (QED) is 0.290. The van der Waals surface area contributed by atoms with Crippen molar-refractivity contribution in [2.24, 2.45) is 0 Å². The maximum Gasteiger partial charge on any atom is 0.433 e. The number of halogens is 3. The molecule has 5 heterocycles. The molecule has 0 radical (unpaired) electrons. The number of anilines is 1. The fraction of sp³-hybridized carbons (Fsp3) is 0.107. The maximum atomic E-state index is 13.8. The molecule has 5 aromatic rings. The lowest BCUT2D eigenvalue weighted by molar-refractivity contribution is -0.142. The van der Waals surface area contributed by atoms with Gasteiger partial charge in [0.05, 0.1) is 23.1 Å². The summed E-state index contributed by atoms with van der Waals surface area (Å²) in [5.41, 5.74) is -0.155. The molecular weight excluding hydrogens is 553 g/mol. The fourth-order valence-corrected chi connectivity index (χ4v) is 3.91. The minimum atomic E-state index is -4.70. The largest absolute Gasteiger partial charge is 0.433 e. The third kappa shape index (κ3) is 6.55. The fourth-order valence-electron chi connectivity index (χ4n) is 3.91. The van der Waals surface area contributed by atoms with Gasteiger partial charge in [-0.3, -0.25) is 24.4 Å². The zero-order valence-corrected chi connectivity index (χ0v) is 21.6. The summed E-state index contributed by atoms with van der Waals surface area (Å²) in [6.07, 6.45) is 3.78. The van der Waals surface area contributed by atoms with Crippen LogP contribution in [0.4, 0.5) is 19.0 Å². The third-order valence-corrected chi connectivity index (χ3v) is 5.96.